The Balaban J connectivity index is 2.25. The fraction of sp³-hybridized carbons (Fsp3) is 0.800. The molecule has 0 bridgehead atoms. The lowest BCUT2D eigenvalue weighted by Gasteiger charge is -2.28. The maximum Gasteiger partial charge on any atom is 0.107 e. The zero-order valence-electron chi connectivity index (χ0n) is 12.2. The van der Waals surface area contributed by atoms with Gasteiger partial charge in [0.2, 0.25) is 0 Å². The Hall–Kier alpha value is -0.350. The smallest absolute Gasteiger partial charge is 0.107 e. The highest BCUT2D eigenvalue weighted by atomic mass is 79.9. The molecule has 2 unspecified atom stereocenters. The van der Waals surface area contributed by atoms with Crippen LogP contribution < -0.4 is 0 Å². The molecule has 1 heterocycles. The summed E-state index contributed by atoms with van der Waals surface area (Å²) >= 11 is 3.55. The topological polar surface area (TPSA) is 38.0 Å². The summed E-state index contributed by atoms with van der Waals surface area (Å²) in [6.45, 7) is 7.46. The first-order valence-electron chi connectivity index (χ1n) is 7.42. The van der Waals surface area contributed by atoms with E-state index in [9.17, 15) is 5.11 Å². The van der Waals surface area contributed by atoms with Gasteiger partial charge in [-0.2, -0.15) is 5.10 Å². The highest BCUT2D eigenvalue weighted by molar-refractivity contribution is 9.10. The first-order valence-corrected chi connectivity index (χ1v) is 8.21. The summed E-state index contributed by atoms with van der Waals surface area (Å²) in [6, 6.07) is 0. The molecule has 0 radical (unpaired) electrons. The van der Waals surface area contributed by atoms with E-state index >= 15 is 0 Å². The van der Waals surface area contributed by atoms with Crippen molar-refractivity contribution in [2.45, 2.75) is 65.0 Å². The summed E-state index contributed by atoms with van der Waals surface area (Å²) in [5.74, 6) is 1.45. The summed E-state index contributed by atoms with van der Waals surface area (Å²) in [7, 11) is 0. The van der Waals surface area contributed by atoms with Crippen molar-refractivity contribution in [3.63, 3.8) is 0 Å². The summed E-state index contributed by atoms with van der Waals surface area (Å²) in [6.07, 6.45) is 6.94. The molecule has 0 aromatic carbocycles. The predicted molar refractivity (Wildman–Crippen MR) is 80.9 cm³/mol. The second kappa shape index (κ2) is 5.96. The molecule has 4 heteroatoms. The third kappa shape index (κ3) is 3.05. The Morgan fingerprint density at radius 3 is 2.84 bits per heavy atom. The van der Waals surface area contributed by atoms with E-state index in [1.54, 1.807) is 0 Å². The molecular formula is C15H25BrN2O. The van der Waals surface area contributed by atoms with Gasteiger partial charge in [-0.05, 0) is 60.4 Å². The molecule has 1 aromatic heterocycles. The number of hydrogen-bond donors (Lipinski definition) is 1. The van der Waals surface area contributed by atoms with Gasteiger partial charge in [0.25, 0.3) is 0 Å². The Labute approximate surface area is 124 Å². The van der Waals surface area contributed by atoms with Gasteiger partial charge in [0.05, 0.1) is 16.4 Å². The number of rotatable bonds is 3. The standard InChI is InChI=1S/C15H25BrN2O/c1-4-18-14(13(16)10-17-18)15(19)8-5-6-12(7-9-15)11(2)3/h10-12,19H,4-9H2,1-3H3. The fourth-order valence-corrected chi connectivity index (χ4v) is 3.98. The van der Waals surface area contributed by atoms with Gasteiger partial charge in [0, 0.05) is 6.54 Å². The molecule has 2 rings (SSSR count). The SMILES string of the molecule is CCn1ncc(Br)c1C1(O)CCCC(C(C)C)CC1. The molecule has 1 saturated carbocycles. The van der Waals surface area contributed by atoms with Gasteiger partial charge in [-0.15, -0.1) is 0 Å². The monoisotopic (exact) mass is 328 g/mol. The highest BCUT2D eigenvalue weighted by Crippen LogP contribution is 2.42. The van der Waals surface area contributed by atoms with Crippen molar-refractivity contribution in [2.24, 2.45) is 11.8 Å². The maximum atomic E-state index is 11.1. The van der Waals surface area contributed by atoms with Crippen LogP contribution in [0, 0.1) is 11.8 Å². The number of aryl methyl sites for hydroxylation is 1. The molecule has 1 aliphatic carbocycles. The largest absolute Gasteiger partial charge is 0.384 e. The second-order valence-corrected chi connectivity index (χ2v) is 6.98. The first-order chi connectivity index (χ1) is 8.98. The number of halogens is 1. The second-order valence-electron chi connectivity index (χ2n) is 6.12. The van der Waals surface area contributed by atoms with Crippen LogP contribution in [0.1, 0.15) is 58.6 Å². The van der Waals surface area contributed by atoms with Gasteiger partial charge >= 0.3 is 0 Å². The van der Waals surface area contributed by atoms with Crippen LogP contribution in [-0.4, -0.2) is 14.9 Å². The molecule has 0 saturated heterocycles. The molecule has 0 spiro atoms. The minimum Gasteiger partial charge on any atom is -0.384 e. The Morgan fingerprint density at radius 2 is 2.21 bits per heavy atom. The van der Waals surface area contributed by atoms with E-state index in [1.807, 2.05) is 10.9 Å². The van der Waals surface area contributed by atoms with E-state index in [2.05, 4.69) is 41.8 Å². The fourth-order valence-electron chi connectivity index (χ4n) is 3.32. The molecule has 3 nitrogen and oxygen atoms in total. The van der Waals surface area contributed by atoms with E-state index < -0.39 is 5.60 Å². The zero-order valence-corrected chi connectivity index (χ0v) is 13.8. The van der Waals surface area contributed by atoms with Crippen LogP contribution in [0.4, 0.5) is 0 Å². The zero-order chi connectivity index (χ0) is 14.0. The van der Waals surface area contributed by atoms with Crippen molar-refractivity contribution >= 4 is 15.9 Å². The summed E-state index contributed by atoms with van der Waals surface area (Å²) in [5, 5.41) is 15.5. The lowest BCUT2D eigenvalue weighted by atomic mass is 9.87. The molecule has 0 aliphatic heterocycles. The third-order valence-corrected chi connectivity index (χ3v) is 5.15. The number of aliphatic hydroxyl groups is 1. The van der Waals surface area contributed by atoms with Crippen LogP contribution in [0.3, 0.4) is 0 Å². The number of hydrogen-bond acceptors (Lipinski definition) is 2. The highest BCUT2D eigenvalue weighted by Gasteiger charge is 2.37. The average Bonchev–Trinajstić information content (AvgIpc) is 2.63. The van der Waals surface area contributed by atoms with Crippen molar-refractivity contribution in [2.75, 3.05) is 0 Å². The van der Waals surface area contributed by atoms with E-state index in [0.717, 1.165) is 48.3 Å². The maximum absolute atomic E-state index is 11.1. The molecule has 19 heavy (non-hydrogen) atoms. The van der Waals surface area contributed by atoms with Gasteiger partial charge in [-0.25, -0.2) is 0 Å². The Morgan fingerprint density at radius 1 is 1.47 bits per heavy atom. The van der Waals surface area contributed by atoms with E-state index in [-0.39, 0.29) is 0 Å². The van der Waals surface area contributed by atoms with E-state index in [1.165, 1.54) is 6.42 Å². The molecule has 2 atom stereocenters. The Bertz CT molecular complexity index is 430. The minimum absolute atomic E-state index is 0.710. The van der Waals surface area contributed by atoms with Crippen LogP contribution in [0.25, 0.3) is 0 Å². The molecule has 108 valence electrons. The quantitative estimate of drug-likeness (QED) is 0.848. The lowest BCUT2D eigenvalue weighted by Crippen LogP contribution is -2.29. The summed E-state index contributed by atoms with van der Waals surface area (Å²) in [5.41, 5.74) is 0.258. The Kier molecular flexibility index (Phi) is 4.72. The molecule has 1 N–H and O–H groups in total. The third-order valence-electron chi connectivity index (χ3n) is 4.57. The van der Waals surface area contributed by atoms with Gasteiger partial charge in [0.1, 0.15) is 5.60 Å². The van der Waals surface area contributed by atoms with Crippen LogP contribution in [-0.2, 0) is 12.1 Å². The van der Waals surface area contributed by atoms with Crippen molar-refractivity contribution in [1.29, 1.82) is 0 Å². The van der Waals surface area contributed by atoms with Gasteiger partial charge in [-0.3, -0.25) is 4.68 Å². The minimum atomic E-state index is -0.713. The van der Waals surface area contributed by atoms with Gasteiger partial charge in [0.15, 0.2) is 0 Å². The number of aromatic nitrogens is 2. The lowest BCUT2D eigenvalue weighted by molar-refractivity contribution is 0.00975. The van der Waals surface area contributed by atoms with Crippen LogP contribution in [0.2, 0.25) is 0 Å². The molecule has 0 amide bonds. The first kappa shape index (κ1) is 15.0. The van der Waals surface area contributed by atoms with Crippen LogP contribution in [0.15, 0.2) is 10.7 Å². The average molecular weight is 329 g/mol. The van der Waals surface area contributed by atoms with E-state index in [4.69, 9.17) is 0 Å². The summed E-state index contributed by atoms with van der Waals surface area (Å²) < 4.78 is 2.87. The number of nitrogens with zero attached hydrogens (tertiary/aromatic N) is 2. The molecule has 1 aromatic rings. The van der Waals surface area contributed by atoms with E-state index in [0.29, 0.717) is 5.92 Å². The van der Waals surface area contributed by atoms with Gasteiger partial charge < -0.3 is 5.11 Å². The van der Waals surface area contributed by atoms with Crippen molar-refractivity contribution < 1.29 is 5.11 Å². The van der Waals surface area contributed by atoms with Crippen LogP contribution in [0.5, 0.6) is 0 Å². The predicted octanol–water partition coefficient (Wildman–Crippen LogP) is 4.09. The normalized spacial score (nSPS) is 28.6. The van der Waals surface area contributed by atoms with Crippen LogP contribution >= 0.6 is 15.9 Å². The van der Waals surface area contributed by atoms with Crippen molar-refractivity contribution in [1.82, 2.24) is 9.78 Å². The summed E-state index contributed by atoms with van der Waals surface area (Å²) in [4.78, 5) is 0. The molecule has 1 fully saturated rings. The van der Waals surface area contributed by atoms with Gasteiger partial charge in [-0.1, -0.05) is 20.3 Å². The molecule has 1 aliphatic rings. The van der Waals surface area contributed by atoms with Crippen molar-refractivity contribution in [3.05, 3.63) is 16.4 Å². The molecular weight excluding hydrogens is 304 g/mol. The van der Waals surface area contributed by atoms with Crippen molar-refractivity contribution in [3.8, 4) is 0 Å².